The zero-order chi connectivity index (χ0) is 8.77. The van der Waals surface area contributed by atoms with Gasteiger partial charge in [-0.15, -0.1) is 0 Å². The number of hydrogen-bond donors (Lipinski definition) is 2. The van der Waals surface area contributed by atoms with Crippen molar-refractivity contribution in [2.75, 3.05) is 20.1 Å². The van der Waals surface area contributed by atoms with Crippen LogP contribution in [0.4, 0.5) is 4.79 Å². The van der Waals surface area contributed by atoms with Gasteiger partial charge in [0, 0.05) is 13.6 Å². The monoisotopic (exact) mass is 169 g/mol. The molecule has 2 heterocycles. The van der Waals surface area contributed by atoms with Gasteiger partial charge in [0.15, 0.2) is 0 Å². The number of likely N-dealkylation sites (N-methyl/N-ethyl adjacent to an activating group) is 1. The van der Waals surface area contributed by atoms with Gasteiger partial charge in [0.05, 0.1) is 0 Å². The van der Waals surface area contributed by atoms with Gasteiger partial charge in [-0.05, 0) is 13.0 Å². The van der Waals surface area contributed by atoms with Crippen LogP contribution in [-0.4, -0.2) is 42.5 Å². The Morgan fingerprint density at radius 1 is 1.50 bits per heavy atom. The molecule has 0 aliphatic carbocycles. The van der Waals surface area contributed by atoms with Crippen LogP contribution in [0.3, 0.4) is 0 Å². The van der Waals surface area contributed by atoms with Gasteiger partial charge in [0.2, 0.25) is 0 Å². The number of nitrogens with zero attached hydrogens (tertiary/aromatic N) is 1. The number of hydrogen-bond acceptors (Lipinski definition) is 3. The molecule has 0 aromatic carbocycles. The molecule has 12 heavy (non-hydrogen) atoms. The molecular formula is C7H11N3O2. The van der Waals surface area contributed by atoms with E-state index in [0.29, 0.717) is 13.0 Å². The molecule has 3 amide bonds. The number of rotatable bonds is 0. The lowest BCUT2D eigenvalue weighted by Crippen LogP contribution is -2.48. The van der Waals surface area contributed by atoms with Crippen LogP contribution in [0, 0.1) is 0 Å². The average Bonchev–Trinajstić information content (AvgIpc) is 2.57. The van der Waals surface area contributed by atoms with E-state index >= 15 is 0 Å². The minimum atomic E-state index is -0.633. The van der Waals surface area contributed by atoms with Gasteiger partial charge < -0.3 is 10.6 Å². The fraction of sp³-hybridized carbons (Fsp3) is 0.714. The van der Waals surface area contributed by atoms with Crippen molar-refractivity contribution in [3.05, 3.63) is 0 Å². The van der Waals surface area contributed by atoms with Crippen LogP contribution in [0.15, 0.2) is 0 Å². The van der Waals surface area contributed by atoms with Crippen LogP contribution in [0.5, 0.6) is 0 Å². The van der Waals surface area contributed by atoms with Crippen molar-refractivity contribution in [2.24, 2.45) is 0 Å². The minimum absolute atomic E-state index is 0.113. The summed E-state index contributed by atoms with van der Waals surface area (Å²) in [5.74, 6) is -0.113. The molecule has 0 aromatic heterocycles. The molecule has 66 valence electrons. The Bertz CT molecular complexity index is 245. The lowest BCUT2D eigenvalue weighted by molar-refractivity contribution is -0.129. The molecular weight excluding hydrogens is 158 g/mol. The fourth-order valence-electron chi connectivity index (χ4n) is 1.74. The van der Waals surface area contributed by atoms with Crippen molar-refractivity contribution < 1.29 is 9.59 Å². The Balaban J connectivity index is 2.29. The third kappa shape index (κ3) is 0.768. The Labute approximate surface area is 70.1 Å². The van der Waals surface area contributed by atoms with Gasteiger partial charge in [0.25, 0.3) is 5.91 Å². The Morgan fingerprint density at radius 3 is 2.67 bits per heavy atom. The first kappa shape index (κ1) is 7.54. The van der Waals surface area contributed by atoms with Crippen molar-refractivity contribution in [1.82, 2.24) is 15.5 Å². The molecule has 1 atom stereocenters. The first-order chi connectivity index (χ1) is 5.66. The normalized spacial score (nSPS) is 34.9. The maximum absolute atomic E-state index is 11.5. The third-order valence-electron chi connectivity index (χ3n) is 2.52. The summed E-state index contributed by atoms with van der Waals surface area (Å²) in [6, 6.07) is -0.288. The summed E-state index contributed by atoms with van der Waals surface area (Å²) in [5.41, 5.74) is -0.633. The van der Waals surface area contributed by atoms with Crippen molar-refractivity contribution >= 4 is 11.9 Å². The molecule has 0 saturated carbocycles. The summed E-state index contributed by atoms with van der Waals surface area (Å²) in [6.07, 6.45) is 0.696. The zero-order valence-corrected chi connectivity index (χ0v) is 6.89. The van der Waals surface area contributed by atoms with Crippen molar-refractivity contribution in [3.8, 4) is 0 Å². The molecule has 5 heteroatoms. The van der Waals surface area contributed by atoms with E-state index in [9.17, 15) is 9.59 Å². The standard InChI is InChI=1S/C7H11N3O2/c1-10-5(11)7(9-6(10)12)2-3-8-4-7/h8H,2-4H2,1H3,(H,9,12). The van der Waals surface area contributed by atoms with E-state index < -0.39 is 5.54 Å². The van der Waals surface area contributed by atoms with E-state index in [4.69, 9.17) is 0 Å². The average molecular weight is 169 g/mol. The maximum atomic E-state index is 11.5. The Kier molecular flexibility index (Phi) is 1.38. The molecule has 2 fully saturated rings. The molecule has 1 spiro atoms. The topological polar surface area (TPSA) is 61.4 Å². The molecule has 2 saturated heterocycles. The third-order valence-corrected chi connectivity index (χ3v) is 2.52. The van der Waals surface area contributed by atoms with Gasteiger partial charge in [-0.2, -0.15) is 0 Å². The zero-order valence-electron chi connectivity index (χ0n) is 6.89. The summed E-state index contributed by atoms with van der Waals surface area (Å²) in [5, 5.41) is 5.77. The van der Waals surface area contributed by atoms with Gasteiger partial charge in [0.1, 0.15) is 5.54 Å². The van der Waals surface area contributed by atoms with Crippen molar-refractivity contribution in [1.29, 1.82) is 0 Å². The molecule has 0 bridgehead atoms. The molecule has 0 radical (unpaired) electrons. The molecule has 2 aliphatic heterocycles. The minimum Gasteiger partial charge on any atom is -0.322 e. The van der Waals surface area contributed by atoms with Crippen molar-refractivity contribution in [2.45, 2.75) is 12.0 Å². The largest absolute Gasteiger partial charge is 0.324 e. The molecule has 0 aromatic rings. The highest BCUT2D eigenvalue weighted by Gasteiger charge is 2.51. The molecule has 1 unspecified atom stereocenters. The summed E-state index contributed by atoms with van der Waals surface area (Å²) < 4.78 is 0. The summed E-state index contributed by atoms with van der Waals surface area (Å²) >= 11 is 0. The van der Waals surface area contributed by atoms with Crippen LogP contribution in [0.25, 0.3) is 0 Å². The van der Waals surface area contributed by atoms with Gasteiger partial charge in [-0.3, -0.25) is 9.69 Å². The van der Waals surface area contributed by atoms with Crippen LogP contribution >= 0.6 is 0 Å². The highest BCUT2D eigenvalue weighted by molar-refractivity contribution is 6.07. The molecule has 5 nitrogen and oxygen atoms in total. The highest BCUT2D eigenvalue weighted by atomic mass is 16.2. The Morgan fingerprint density at radius 2 is 2.25 bits per heavy atom. The first-order valence-electron chi connectivity index (χ1n) is 3.97. The van der Waals surface area contributed by atoms with E-state index in [0.717, 1.165) is 11.4 Å². The number of amides is 3. The van der Waals surface area contributed by atoms with E-state index in [1.165, 1.54) is 7.05 Å². The van der Waals surface area contributed by atoms with Crippen molar-refractivity contribution in [3.63, 3.8) is 0 Å². The molecule has 2 rings (SSSR count). The summed E-state index contributed by atoms with van der Waals surface area (Å²) in [6.45, 7) is 1.35. The quantitative estimate of drug-likeness (QED) is 0.452. The number of imide groups is 1. The van der Waals surface area contributed by atoms with Crippen LogP contribution < -0.4 is 10.6 Å². The summed E-state index contributed by atoms with van der Waals surface area (Å²) in [4.78, 5) is 23.8. The van der Waals surface area contributed by atoms with Gasteiger partial charge in [-0.1, -0.05) is 0 Å². The second kappa shape index (κ2) is 2.20. The summed E-state index contributed by atoms with van der Waals surface area (Å²) in [7, 11) is 1.50. The number of carbonyl (C=O) groups is 2. The van der Waals surface area contributed by atoms with Crippen LogP contribution in [-0.2, 0) is 4.79 Å². The SMILES string of the molecule is CN1C(=O)NC2(CCNC2)C1=O. The van der Waals surface area contributed by atoms with E-state index in [-0.39, 0.29) is 11.9 Å². The predicted molar refractivity (Wildman–Crippen MR) is 41.5 cm³/mol. The first-order valence-corrected chi connectivity index (χ1v) is 3.97. The van der Waals surface area contributed by atoms with E-state index in [1.807, 2.05) is 0 Å². The number of urea groups is 1. The second-order valence-corrected chi connectivity index (χ2v) is 3.30. The van der Waals surface area contributed by atoms with Gasteiger partial charge >= 0.3 is 6.03 Å². The number of nitrogens with one attached hydrogen (secondary N) is 2. The van der Waals surface area contributed by atoms with Crippen LogP contribution in [0.1, 0.15) is 6.42 Å². The van der Waals surface area contributed by atoms with E-state index in [2.05, 4.69) is 10.6 Å². The maximum Gasteiger partial charge on any atom is 0.324 e. The number of carbonyl (C=O) groups excluding carboxylic acids is 2. The van der Waals surface area contributed by atoms with Gasteiger partial charge in [-0.25, -0.2) is 4.79 Å². The smallest absolute Gasteiger partial charge is 0.322 e. The fourth-order valence-corrected chi connectivity index (χ4v) is 1.74. The lowest BCUT2D eigenvalue weighted by Gasteiger charge is -2.17. The predicted octanol–water partition coefficient (Wildman–Crippen LogP) is -1.10. The highest BCUT2D eigenvalue weighted by Crippen LogP contribution is 2.22. The molecule has 2 aliphatic rings. The lowest BCUT2D eigenvalue weighted by atomic mass is 9.99. The van der Waals surface area contributed by atoms with Crippen LogP contribution in [0.2, 0.25) is 0 Å². The van der Waals surface area contributed by atoms with E-state index in [1.54, 1.807) is 0 Å². The second-order valence-electron chi connectivity index (χ2n) is 3.30. The Hall–Kier alpha value is -1.10. The molecule has 2 N–H and O–H groups in total.